The van der Waals surface area contributed by atoms with E-state index < -0.39 is 12.1 Å². The summed E-state index contributed by atoms with van der Waals surface area (Å²) in [5.41, 5.74) is 0. The summed E-state index contributed by atoms with van der Waals surface area (Å²) in [7, 11) is 2.82. The Morgan fingerprint density at radius 1 is 1.27 bits per heavy atom. The Balaban J connectivity index is 2.87. The minimum absolute atomic E-state index is 0.0538. The van der Waals surface area contributed by atoms with Gasteiger partial charge in [0.2, 0.25) is 5.88 Å². The zero-order valence-electron chi connectivity index (χ0n) is 6.33. The third-order valence-corrected chi connectivity index (χ3v) is 1.43. The third-order valence-electron chi connectivity index (χ3n) is 1.43. The summed E-state index contributed by atoms with van der Waals surface area (Å²) in [6.45, 7) is 3.37. The van der Waals surface area contributed by atoms with Crippen LogP contribution in [-0.4, -0.2) is 36.0 Å². The second-order valence-corrected chi connectivity index (χ2v) is 2.16. The van der Waals surface area contributed by atoms with Gasteiger partial charge in [-0.15, -0.1) is 0 Å². The van der Waals surface area contributed by atoms with Crippen molar-refractivity contribution in [2.45, 2.75) is 0 Å². The SMILES string of the molecule is C=C1OC(=O)N(C)C(=O)N1C. The molecule has 0 aromatic rings. The van der Waals surface area contributed by atoms with Gasteiger partial charge in [0.15, 0.2) is 0 Å². The molecule has 0 radical (unpaired) electrons. The predicted molar refractivity (Wildman–Crippen MR) is 36.5 cm³/mol. The molecule has 11 heavy (non-hydrogen) atoms. The highest BCUT2D eigenvalue weighted by Gasteiger charge is 2.30. The summed E-state index contributed by atoms with van der Waals surface area (Å²) < 4.78 is 4.58. The molecule has 1 aliphatic rings. The number of carbonyl (C=O) groups excluding carboxylic acids is 2. The van der Waals surface area contributed by atoms with Crippen LogP contribution in [0.4, 0.5) is 9.59 Å². The smallest absolute Gasteiger partial charge is 0.393 e. The van der Waals surface area contributed by atoms with Crippen LogP contribution in [0.3, 0.4) is 0 Å². The van der Waals surface area contributed by atoms with Gasteiger partial charge in [-0.2, -0.15) is 0 Å². The number of hydrogen-bond acceptors (Lipinski definition) is 3. The Bertz CT molecular complexity index is 214. The van der Waals surface area contributed by atoms with Crippen molar-refractivity contribution in [2.24, 2.45) is 0 Å². The number of imide groups is 1. The van der Waals surface area contributed by atoms with E-state index in [-0.39, 0.29) is 5.88 Å². The van der Waals surface area contributed by atoms with Crippen molar-refractivity contribution in [2.75, 3.05) is 14.1 Å². The molecule has 1 aliphatic heterocycles. The summed E-state index contributed by atoms with van der Waals surface area (Å²) >= 11 is 0. The number of rotatable bonds is 0. The Morgan fingerprint density at radius 3 is 2.36 bits per heavy atom. The molecule has 0 spiro atoms. The van der Waals surface area contributed by atoms with Gasteiger partial charge in [-0.05, 0) is 6.58 Å². The van der Waals surface area contributed by atoms with Crippen molar-refractivity contribution in [1.82, 2.24) is 9.80 Å². The molecule has 3 amide bonds. The fourth-order valence-corrected chi connectivity index (χ4v) is 0.647. The maximum absolute atomic E-state index is 11.0. The van der Waals surface area contributed by atoms with Crippen molar-refractivity contribution >= 4 is 12.1 Å². The molecule has 1 rings (SSSR count). The number of nitrogens with zero attached hydrogens (tertiary/aromatic N) is 2. The molecule has 5 heteroatoms. The molecule has 0 aromatic heterocycles. The van der Waals surface area contributed by atoms with Gasteiger partial charge in [-0.25, -0.2) is 14.5 Å². The van der Waals surface area contributed by atoms with E-state index in [9.17, 15) is 9.59 Å². The molecular formula is C6H8N2O3. The molecule has 60 valence electrons. The zero-order chi connectivity index (χ0) is 8.59. The quantitative estimate of drug-likeness (QED) is 0.515. The maximum atomic E-state index is 11.0. The molecule has 1 heterocycles. The number of amides is 3. The highest BCUT2D eigenvalue weighted by atomic mass is 16.6. The van der Waals surface area contributed by atoms with E-state index in [1.54, 1.807) is 0 Å². The van der Waals surface area contributed by atoms with Gasteiger partial charge < -0.3 is 4.74 Å². The fourth-order valence-electron chi connectivity index (χ4n) is 0.647. The van der Waals surface area contributed by atoms with Crippen LogP contribution in [0.5, 0.6) is 0 Å². The summed E-state index contributed by atoms with van der Waals surface area (Å²) in [4.78, 5) is 23.8. The van der Waals surface area contributed by atoms with E-state index in [1.165, 1.54) is 14.1 Å². The van der Waals surface area contributed by atoms with Crippen LogP contribution in [0, 0.1) is 0 Å². The number of cyclic esters (lactones) is 1. The van der Waals surface area contributed by atoms with Crippen molar-refractivity contribution < 1.29 is 14.3 Å². The second kappa shape index (κ2) is 2.26. The number of carbonyl (C=O) groups is 2. The lowest BCUT2D eigenvalue weighted by Crippen LogP contribution is -2.47. The van der Waals surface area contributed by atoms with Crippen LogP contribution in [0.25, 0.3) is 0 Å². The Labute approximate surface area is 63.8 Å². The highest BCUT2D eigenvalue weighted by Crippen LogP contribution is 2.12. The van der Waals surface area contributed by atoms with Crippen molar-refractivity contribution in [3.63, 3.8) is 0 Å². The van der Waals surface area contributed by atoms with Crippen LogP contribution in [0.15, 0.2) is 12.5 Å². The van der Waals surface area contributed by atoms with Crippen molar-refractivity contribution in [3.8, 4) is 0 Å². The fraction of sp³-hybridized carbons (Fsp3) is 0.333. The van der Waals surface area contributed by atoms with Gasteiger partial charge in [-0.3, -0.25) is 4.90 Å². The largest absolute Gasteiger partial charge is 0.424 e. The maximum Gasteiger partial charge on any atom is 0.424 e. The standard InChI is InChI=1S/C6H8N2O3/c1-4-7(2)5(9)8(3)6(10)11-4/h1H2,2-3H3. The number of ether oxygens (including phenoxy) is 1. The predicted octanol–water partition coefficient (Wildman–Crippen LogP) is 0.591. The van der Waals surface area contributed by atoms with Gasteiger partial charge in [0, 0.05) is 14.1 Å². The normalized spacial score (nSPS) is 18.9. The third kappa shape index (κ3) is 1.04. The molecule has 5 nitrogen and oxygen atoms in total. The number of hydrogen-bond donors (Lipinski definition) is 0. The Kier molecular flexibility index (Phi) is 1.56. The molecule has 0 aliphatic carbocycles. The van der Waals surface area contributed by atoms with E-state index in [4.69, 9.17) is 0 Å². The summed E-state index contributed by atoms with van der Waals surface area (Å²) in [6.07, 6.45) is -0.696. The molecule has 0 bridgehead atoms. The lowest BCUT2D eigenvalue weighted by molar-refractivity contribution is 0.0847. The average molecular weight is 156 g/mol. The van der Waals surface area contributed by atoms with Crippen LogP contribution in [0.2, 0.25) is 0 Å². The average Bonchev–Trinajstić information content (AvgIpc) is 1.97. The highest BCUT2D eigenvalue weighted by molar-refractivity contribution is 5.93. The van der Waals surface area contributed by atoms with Gasteiger partial charge in [0.25, 0.3) is 0 Å². The first kappa shape index (κ1) is 7.59. The Hall–Kier alpha value is -1.52. The molecule has 1 fully saturated rings. The van der Waals surface area contributed by atoms with Gasteiger partial charge >= 0.3 is 12.1 Å². The summed E-state index contributed by atoms with van der Waals surface area (Å²) in [5, 5.41) is 0. The minimum Gasteiger partial charge on any atom is -0.393 e. The summed E-state index contributed by atoms with van der Waals surface area (Å²) in [6, 6.07) is -0.439. The first-order valence-electron chi connectivity index (χ1n) is 2.96. The van der Waals surface area contributed by atoms with Gasteiger partial charge in [-0.1, -0.05) is 0 Å². The first-order chi connectivity index (χ1) is 5.04. The van der Waals surface area contributed by atoms with Crippen molar-refractivity contribution in [1.29, 1.82) is 0 Å². The van der Waals surface area contributed by atoms with E-state index in [1.807, 2.05) is 0 Å². The van der Waals surface area contributed by atoms with Crippen LogP contribution < -0.4 is 0 Å². The lowest BCUT2D eigenvalue weighted by Gasteiger charge is -2.29. The van der Waals surface area contributed by atoms with E-state index in [0.717, 1.165) is 9.80 Å². The molecule has 0 saturated carbocycles. The van der Waals surface area contributed by atoms with E-state index >= 15 is 0 Å². The van der Waals surface area contributed by atoms with E-state index in [0.29, 0.717) is 0 Å². The van der Waals surface area contributed by atoms with Crippen LogP contribution in [-0.2, 0) is 4.74 Å². The van der Waals surface area contributed by atoms with Crippen molar-refractivity contribution in [3.05, 3.63) is 12.5 Å². The topological polar surface area (TPSA) is 49.9 Å². The Morgan fingerprint density at radius 2 is 1.82 bits per heavy atom. The monoisotopic (exact) mass is 156 g/mol. The van der Waals surface area contributed by atoms with Gasteiger partial charge in [0.05, 0.1) is 0 Å². The van der Waals surface area contributed by atoms with Crippen LogP contribution >= 0.6 is 0 Å². The molecule has 0 atom stereocenters. The molecule has 0 aromatic carbocycles. The first-order valence-corrected chi connectivity index (χ1v) is 2.96. The second-order valence-electron chi connectivity index (χ2n) is 2.16. The molecule has 0 N–H and O–H groups in total. The zero-order valence-corrected chi connectivity index (χ0v) is 6.33. The number of urea groups is 1. The molecular weight excluding hydrogens is 148 g/mol. The van der Waals surface area contributed by atoms with E-state index in [2.05, 4.69) is 11.3 Å². The molecule has 0 unspecified atom stereocenters. The van der Waals surface area contributed by atoms with Gasteiger partial charge in [0.1, 0.15) is 0 Å². The van der Waals surface area contributed by atoms with Crippen LogP contribution in [0.1, 0.15) is 0 Å². The summed E-state index contributed by atoms with van der Waals surface area (Å²) in [5.74, 6) is 0.0538. The molecule has 1 saturated heterocycles. The minimum atomic E-state index is -0.696. The lowest BCUT2D eigenvalue weighted by atomic mass is 10.6.